The van der Waals surface area contributed by atoms with E-state index in [-0.39, 0.29) is 17.6 Å². The quantitative estimate of drug-likeness (QED) is 0.858. The largest absolute Gasteiger partial charge is 0.481 e. The summed E-state index contributed by atoms with van der Waals surface area (Å²) in [7, 11) is 0. The number of carbonyl (C=O) groups excluding carboxylic acids is 1. The van der Waals surface area contributed by atoms with Crippen molar-refractivity contribution in [3.63, 3.8) is 0 Å². The maximum Gasteiger partial charge on any atom is 0.308 e. The van der Waals surface area contributed by atoms with Crippen LogP contribution >= 0.6 is 0 Å². The number of nitrogens with one attached hydrogen (secondary N) is 1. The Bertz CT molecular complexity index is 744. The normalized spacial score (nSPS) is 20.8. The van der Waals surface area contributed by atoms with Crippen LogP contribution in [0, 0.1) is 5.92 Å². The lowest BCUT2D eigenvalue weighted by Gasteiger charge is -2.26. The minimum atomic E-state index is -0.843. The molecule has 2 atom stereocenters. The molecule has 2 unspecified atom stereocenters. The molecule has 7 heteroatoms. The lowest BCUT2D eigenvalue weighted by molar-refractivity contribution is -0.143. The van der Waals surface area contributed by atoms with E-state index >= 15 is 0 Å². The second-order valence-electron chi connectivity index (χ2n) is 6.80. The standard InChI is InChI=1S/C19H24N4O3/c24-18(20-16-11-7-2-1-6-10-15(16)19(25)26)17-13-23(22-21-17)12-14-8-4-3-5-9-14/h3-5,8-9,13,15-16H,1-2,6-7,10-12H2,(H,20,24)(H,25,26). The minimum absolute atomic E-state index is 0.215. The van der Waals surface area contributed by atoms with E-state index in [1.54, 1.807) is 10.9 Å². The van der Waals surface area contributed by atoms with Crippen molar-refractivity contribution in [3.05, 3.63) is 47.8 Å². The Morgan fingerprint density at radius 2 is 1.85 bits per heavy atom. The zero-order chi connectivity index (χ0) is 18.4. The fraction of sp³-hybridized carbons (Fsp3) is 0.474. The average molecular weight is 356 g/mol. The van der Waals surface area contributed by atoms with Crippen molar-refractivity contribution in [2.24, 2.45) is 5.92 Å². The van der Waals surface area contributed by atoms with Crippen molar-refractivity contribution in [3.8, 4) is 0 Å². The number of benzene rings is 1. The molecule has 2 aromatic rings. The van der Waals surface area contributed by atoms with Gasteiger partial charge in [-0.15, -0.1) is 5.10 Å². The second kappa shape index (κ2) is 8.60. The van der Waals surface area contributed by atoms with Gasteiger partial charge in [-0.05, 0) is 18.4 Å². The SMILES string of the molecule is O=C(NC1CCCCCCC1C(=O)O)c1cn(Cc2ccccc2)nn1. The van der Waals surface area contributed by atoms with Crippen LogP contribution < -0.4 is 5.32 Å². The van der Waals surface area contributed by atoms with Gasteiger partial charge in [0.2, 0.25) is 0 Å². The summed E-state index contributed by atoms with van der Waals surface area (Å²) in [5.41, 5.74) is 1.28. The van der Waals surface area contributed by atoms with Gasteiger partial charge in [-0.1, -0.05) is 61.2 Å². The summed E-state index contributed by atoms with van der Waals surface area (Å²) < 4.78 is 1.61. The number of aromatic nitrogens is 3. The smallest absolute Gasteiger partial charge is 0.308 e. The molecule has 1 heterocycles. The topological polar surface area (TPSA) is 97.1 Å². The summed E-state index contributed by atoms with van der Waals surface area (Å²) in [6.45, 7) is 0.530. The highest BCUT2D eigenvalue weighted by atomic mass is 16.4. The van der Waals surface area contributed by atoms with Crippen molar-refractivity contribution in [2.45, 2.75) is 51.1 Å². The van der Waals surface area contributed by atoms with Crippen LogP contribution in [-0.2, 0) is 11.3 Å². The third-order valence-electron chi connectivity index (χ3n) is 4.86. The van der Waals surface area contributed by atoms with Crippen LogP contribution in [-0.4, -0.2) is 38.0 Å². The Hall–Kier alpha value is -2.70. The lowest BCUT2D eigenvalue weighted by atomic mass is 9.86. The number of amides is 1. The number of carbonyl (C=O) groups is 2. The number of aliphatic carboxylic acids is 1. The maximum absolute atomic E-state index is 12.5. The highest BCUT2D eigenvalue weighted by Crippen LogP contribution is 2.23. The molecule has 0 radical (unpaired) electrons. The molecule has 0 spiro atoms. The molecule has 138 valence electrons. The highest BCUT2D eigenvalue weighted by Gasteiger charge is 2.30. The summed E-state index contributed by atoms with van der Waals surface area (Å²) in [4.78, 5) is 24.1. The van der Waals surface area contributed by atoms with Gasteiger partial charge in [0.15, 0.2) is 5.69 Å². The minimum Gasteiger partial charge on any atom is -0.481 e. The first-order valence-corrected chi connectivity index (χ1v) is 9.11. The van der Waals surface area contributed by atoms with Gasteiger partial charge in [-0.3, -0.25) is 9.59 Å². The molecular formula is C19H24N4O3. The van der Waals surface area contributed by atoms with E-state index in [9.17, 15) is 14.7 Å². The molecule has 1 aliphatic rings. The fourth-order valence-corrected chi connectivity index (χ4v) is 3.45. The van der Waals surface area contributed by atoms with Crippen LogP contribution in [0.2, 0.25) is 0 Å². The van der Waals surface area contributed by atoms with Crippen molar-refractivity contribution in [1.29, 1.82) is 0 Å². The van der Waals surface area contributed by atoms with Gasteiger partial charge >= 0.3 is 5.97 Å². The molecule has 1 amide bonds. The molecule has 1 aliphatic carbocycles. The molecule has 2 N–H and O–H groups in total. The van der Waals surface area contributed by atoms with Gasteiger partial charge in [-0.25, -0.2) is 4.68 Å². The molecule has 1 fully saturated rings. The Labute approximate surface area is 152 Å². The zero-order valence-corrected chi connectivity index (χ0v) is 14.7. The van der Waals surface area contributed by atoms with Gasteiger partial charge in [0, 0.05) is 6.04 Å². The summed E-state index contributed by atoms with van der Waals surface area (Å²) >= 11 is 0. The number of carboxylic acids is 1. The first-order valence-electron chi connectivity index (χ1n) is 9.11. The predicted octanol–water partition coefficient (Wildman–Crippen LogP) is 2.48. The Balaban J connectivity index is 1.65. The van der Waals surface area contributed by atoms with E-state index in [2.05, 4.69) is 15.6 Å². The number of hydrogen-bond donors (Lipinski definition) is 2. The number of carboxylic acid groups (broad SMARTS) is 1. The summed E-state index contributed by atoms with van der Waals surface area (Å²) in [5, 5.41) is 20.3. The van der Waals surface area contributed by atoms with E-state index in [0.717, 1.165) is 31.2 Å². The summed E-state index contributed by atoms with van der Waals surface area (Å²) in [6, 6.07) is 9.43. The van der Waals surface area contributed by atoms with Crippen molar-refractivity contribution in [2.75, 3.05) is 0 Å². The molecule has 1 saturated carbocycles. The molecule has 7 nitrogen and oxygen atoms in total. The predicted molar refractivity (Wildman–Crippen MR) is 95.6 cm³/mol. The third-order valence-corrected chi connectivity index (χ3v) is 4.86. The molecule has 0 bridgehead atoms. The van der Waals surface area contributed by atoms with Crippen molar-refractivity contribution >= 4 is 11.9 Å². The van der Waals surface area contributed by atoms with Gasteiger partial charge in [-0.2, -0.15) is 0 Å². The van der Waals surface area contributed by atoms with Crippen LogP contribution in [0.4, 0.5) is 0 Å². The Kier molecular flexibility index (Phi) is 5.99. The maximum atomic E-state index is 12.5. The summed E-state index contributed by atoms with van der Waals surface area (Å²) in [5.74, 6) is -1.75. The average Bonchev–Trinajstić information content (AvgIpc) is 3.06. The molecule has 26 heavy (non-hydrogen) atoms. The highest BCUT2D eigenvalue weighted by molar-refractivity contribution is 5.92. The molecule has 0 saturated heterocycles. The monoisotopic (exact) mass is 356 g/mol. The van der Waals surface area contributed by atoms with Gasteiger partial charge in [0.05, 0.1) is 18.7 Å². The Morgan fingerprint density at radius 3 is 2.58 bits per heavy atom. The van der Waals surface area contributed by atoms with E-state index in [1.165, 1.54) is 0 Å². The van der Waals surface area contributed by atoms with E-state index in [0.29, 0.717) is 19.4 Å². The van der Waals surface area contributed by atoms with Crippen LogP contribution in [0.1, 0.15) is 54.6 Å². The van der Waals surface area contributed by atoms with E-state index in [1.807, 2.05) is 30.3 Å². The van der Waals surface area contributed by atoms with Crippen LogP contribution in [0.3, 0.4) is 0 Å². The molecule has 0 aliphatic heterocycles. The second-order valence-corrected chi connectivity index (χ2v) is 6.80. The van der Waals surface area contributed by atoms with E-state index in [4.69, 9.17) is 0 Å². The molecule has 3 rings (SSSR count). The third kappa shape index (κ3) is 4.68. The van der Waals surface area contributed by atoms with Gasteiger partial charge in [0.1, 0.15) is 0 Å². The van der Waals surface area contributed by atoms with Crippen molar-refractivity contribution in [1.82, 2.24) is 20.3 Å². The van der Waals surface area contributed by atoms with Crippen LogP contribution in [0.15, 0.2) is 36.5 Å². The van der Waals surface area contributed by atoms with Gasteiger partial charge in [0.25, 0.3) is 5.91 Å². The number of hydrogen-bond acceptors (Lipinski definition) is 4. The lowest BCUT2D eigenvalue weighted by Crippen LogP contribution is -2.44. The first-order chi connectivity index (χ1) is 12.6. The molecule has 1 aromatic carbocycles. The van der Waals surface area contributed by atoms with Crippen molar-refractivity contribution < 1.29 is 14.7 Å². The zero-order valence-electron chi connectivity index (χ0n) is 14.7. The Morgan fingerprint density at radius 1 is 1.12 bits per heavy atom. The molecular weight excluding hydrogens is 332 g/mol. The van der Waals surface area contributed by atoms with Gasteiger partial charge < -0.3 is 10.4 Å². The summed E-state index contributed by atoms with van der Waals surface area (Å²) in [6.07, 6.45) is 6.82. The first kappa shape index (κ1) is 18.1. The molecule has 1 aromatic heterocycles. The van der Waals surface area contributed by atoms with E-state index < -0.39 is 11.9 Å². The number of nitrogens with zero attached hydrogens (tertiary/aromatic N) is 3. The number of rotatable bonds is 5. The van der Waals surface area contributed by atoms with Crippen LogP contribution in [0.5, 0.6) is 0 Å². The van der Waals surface area contributed by atoms with Crippen LogP contribution in [0.25, 0.3) is 0 Å². The fourth-order valence-electron chi connectivity index (χ4n) is 3.45.